The first kappa shape index (κ1) is 11.3. The molecule has 3 nitrogen and oxygen atoms in total. The zero-order valence-electron chi connectivity index (χ0n) is 9.55. The Morgan fingerprint density at radius 1 is 1.17 bits per heavy atom. The average Bonchev–Trinajstić information content (AvgIpc) is 2.82. The first-order valence-electron chi connectivity index (χ1n) is 5.61. The van der Waals surface area contributed by atoms with Gasteiger partial charge in [0.15, 0.2) is 0 Å². The second kappa shape index (κ2) is 4.44. The Morgan fingerprint density at radius 2 is 2.00 bits per heavy atom. The molecule has 0 spiro atoms. The van der Waals surface area contributed by atoms with Crippen LogP contribution < -0.4 is 0 Å². The number of aromatic nitrogens is 2. The number of fused-ring (bicyclic) bond motifs is 1. The third-order valence-corrected chi connectivity index (χ3v) is 3.21. The van der Waals surface area contributed by atoms with Crippen molar-refractivity contribution >= 4 is 22.6 Å². The van der Waals surface area contributed by atoms with Gasteiger partial charge < -0.3 is 5.11 Å². The van der Waals surface area contributed by atoms with Crippen molar-refractivity contribution in [3.63, 3.8) is 0 Å². The number of hydrogen-bond acceptors (Lipinski definition) is 2. The predicted molar refractivity (Wildman–Crippen MR) is 72.0 cm³/mol. The van der Waals surface area contributed by atoms with Crippen molar-refractivity contribution in [2.75, 3.05) is 0 Å². The van der Waals surface area contributed by atoms with E-state index >= 15 is 0 Å². The molecule has 3 rings (SSSR count). The van der Waals surface area contributed by atoms with Gasteiger partial charge in [0.05, 0.1) is 28.4 Å². The van der Waals surface area contributed by atoms with Crippen molar-refractivity contribution < 1.29 is 5.11 Å². The topological polar surface area (TPSA) is 38.0 Å². The third kappa shape index (κ3) is 1.78. The molecule has 0 saturated carbocycles. The summed E-state index contributed by atoms with van der Waals surface area (Å²) in [5.74, 6) is 0. The first-order valence-corrected chi connectivity index (χ1v) is 5.99. The highest BCUT2D eigenvalue weighted by Crippen LogP contribution is 2.25. The minimum Gasteiger partial charge on any atom is -0.392 e. The third-order valence-electron chi connectivity index (χ3n) is 2.91. The van der Waals surface area contributed by atoms with Gasteiger partial charge in [-0.3, -0.25) is 4.57 Å². The molecule has 0 bridgehead atoms. The fourth-order valence-corrected chi connectivity index (χ4v) is 2.29. The van der Waals surface area contributed by atoms with Crippen LogP contribution in [-0.4, -0.2) is 14.7 Å². The zero-order chi connectivity index (χ0) is 12.5. The van der Waals surface area contributed by atoms with Gasteiger partial charge in [-0.2, -0.15) is 0 Å². The molecule has 0 amide bonds. The van der Waals surface area contributed by atoms with Crippen molar-refractivity contribution in [2.45, 2.75) is 6.61 Å². The molecule has 1 N–H and O–H groups in total. The van der Waals surface area contributed by atoms with Crippen molar-refractivity contribution in [1.82, 2.24) is 9.55 Å². The lowest BCUT2D eigenvalue weighted by Gasteiger charge is -2.08. The van der Waals surface area contributed by atoms with Gasteiger partial charge in [0.1, 0.15) is 6.33 Å². The molecule has 1 aromatic heterocycles. The Kier molecular flexibility index (Phi) is 2.78. The Morgan fingerprint density at radius 3 is 2.78 bits per heavy atom. The maximum atomic E-state index is 9.08. The van der Waals surface area contributed by atoms with Crippen LogP contribution in [0.1, 0.15) is 5.56 Å². The van der Waals surface area contributed by atoms with Crippen molar-refractivity contribution in [3.8, 4) is 5.69 Å². The van der Waals surface area contributed by atoms with E-state index in [1.165, 1.54) is 0 Å². The average molecular weight is 259 g/mol. The molecule has 0 aliphatic heterocycles. The van der Waals surface area contributed by atoms with Crippen LogP contribution >= 0.6 is 11.6 Å². The Hall–Kier alpha value is -1.84. The molecule has 0 aliphatic rings. The van der Waals surface area contributed by atoms with Crippen LogP contribution in [0.15, 0.2) is 48.8 Å². The number of rotatable bonds is 2. The Labute approximate surface area is 109 Å². The van der Waals surface area contributed by atoms with E-state index in [4.69, 9.17) is 16.7 Å². The fourth-order valence-electron chi connectivity index (χ4n) is 2.00. The van der Waals surface area contributed by atoms with Gasteiger partial charge in [0.2, 0.25) is 0 Å². The molecule has 0 radical (unpaired) electrons. The summed E-state index contributed by atoms with van der Waals surface area (Å²) in [6, 6.07) is 13.4. The highest BCUT2D eigenvalue weighted by molar-refractivity contribution is 6.32. The minimum absolute atomic E-state index is 0.00925. The lowest BCUT2D eigenvalue weighted by Crippen LogP contribution is -1.94. The molecule has 2 aromatic carbocycles. The maximum Gasteiger partial charge on any atom is 0.100 e. The molecule has 0 atom stereocenters. The lowest BCUT2D eigenvalue weighted by atomic mass is 10.2. The molecule has 0 unspecified atom stereocenters. The van der Waals surface area contributed by atoms with Gasteiger partial charge >= 0.3 is 0 Å². The van der Waals surface area contributed by atoms with Crippen molar-refractivity contribution in [3.05, 3.63) is 59.4 Å². The molecular formula is C14H11ClN2O. The van der Waals surface area contributed by atoms with E-state index in [9.17, 15) is 0 Å². The van der Waals surface area contributed by atoms with Crippen LogP contribution in [-0.2, 0) is 6.61 Å². The maximum absolute atomic E-state index is 9.08. The summed E-state index contributed by atoms with van der Waals surface area (Å²) >= 11 is 6.24. The number of halogens is 1. The molecule has 0 saturated heterocycles. The fraction of sp³-hybridized carbons (Fsp3) is 0.0714. The predicted octanol–water partition coefficient (Wildman–Crippen LogP) is 3.17. The van der Waals surface area contributed by atoms with Gasteiger partial charge in [0.25, 0.3) is 0 Å². The number of aliphatic hydroxyl groups is 1. The van der Waals surface area contributed by atoms with E-state index in [2.05, 4.69) is 4.98 Å². The molecule has 1 heterocycles. The van der Waals surface area contributed by atoms with E-state index in [1.807, 2.05) is 41.0 Å². The van der Waals surface area contributed by atoms with Crippen LogP contribution in [0.2, 0.25) is 5.02 Å². The second-order valence-corrected chi connectivity index (χ2v) is 4.45. The number of nitrogens with zero attached hydrogens (tertiary/aromatic N) is 2. The smallest absolute Gasteiger partial charge is 0.100 e. The summed E-state index contributed by atoms with van der Waals surface area (Å²) < 4.78 is 1.94. The quantitative estimate of drug-likeness (QED) is 0.767. The van der Waals surface area contributed by atoms with E-state index in [0.29, 0.717) is 5.02 Å². The van der Waals surface area contributed by atoms with Crippen LogP contribution in [0.25, 0.3) is 16.7 Å². The highest BCUT2D eigenvalue weighted by Gasteiger charge is 2.07. The normalized spacial score (nSPS) is 11.0. The van der Waals surface area contributed by atoms with Gasteiger partial charge in [-0.1, -0.05) is 29.8 Å². The Balaban J connectivity index is 2.20. The van der Waals surface area contributed by atoms with Crippen LogP contribution in [0.4, 0.5) is 0 Å². The molecular weight excluding hydrogens is 248 g/mol. The van der Waals surface area contributed by atoms with Gasteiger partial charge in [0, 0.05) is 0 Å². The number of aliphatic hydroxyl groups excluding tert-OH is 1. The Bertz CT molecular complexity index is 706. The molecule has 90 valence electrons. The SMILES string of the molecule is OCc1ccc(-n2cnc3ccccc32)c(Cl)c1. The first-order chi connectivity index (χ1) is 8.79. The number of benzene rings is 2. The molecule has 3 aromatic rings. The van der Waals surface area contributed by atoms with Gasteiger partial charge in [-0.15, -0.1) is 0 Å². The number of hydrogen-bond donors (Lipinski definition) is 1. The standard InChI is InChI=1S/C14H11ClN2O/c15-11-7-10(8-18)5-6-13(11)17-9-16-12-3-1-2-4-14(12)17/h1-7,9,18H,8H2. The van der Waals surface area contributed by atoms with E-state index in [1.54, 1.807) is 12.4 Å². The van der Waals surface area contributed by atoms with E-state index < -0.39 is 0 Å². The summed E-state index contributed by atoms with van der Waals surface area (Å²) in [6.45, 7) is -0.00925. The highest BCUT2D eigenvalue weighted by atomic mass is 35.5. The molecule has 0 fully saturated rings. The van der Waals surface area contributed by atoms with Crippen molar-refractivity contribution in [2.24, 2.45) is 0 Å². The molecule has 4 heteroatoms. The summed E-state index contributed by atoms with van der Waals surface area (Å²) in [7, 11) is 0. The zero-order valence-corrected chi connectivity index (χ0v) is 10.3. The van der Waals surface area contributed by atoms with Gasteiger partial charge in [-0.05, 0) is 29.8 Å². The lowest BCUT2D eigenvalue weighted by molar-refractivity contribution is 0.282. The number of imidazole rings is 1. The number of para-hydroxylation sites is 2. The van der Waals surface area contributed by atoms with E-state index in [-0.39, 0.29) is 6.61 Å². The summed E-state index contributed by atoms with van der Waals surface area (Å²) in [5, 5.41) is 9.68. The molecule has 0 aliphatic carbocycles. The van der Waals surface area contributed by atoms with Crippen LogP contribution in [0.5, 0.6) is 0 Å². The van der Waals surface area contributed by atoms with Crippen LogP contribution in [0, 0.1) is 0 Å². The van der Waals surface area contributed by atoms with E-state index in [0.717, 1.165) is 22.3 Å². The van der Waals surface area contributed by atoms with Crippen molar-refractivity contribution in [1.29, 1.82) is 0 Å². The summed E-state index contributed by atoms with van der Waals surface area (Å²) in [4.78, 5) is 4.33. The minimum atomic E-state index is -0.00925. The van der Waals surface area contributed by atoms with Crippen LogP contribution in [0.3, 0.4) is 0 Å². The monoisotopic (exact) mass is 258 g/mol. The molecule has 18 heavy (non-hydrogen) atoms. The largest absolute Gasteiger partial charge is 0.392 e. The summed E-state index contributed by atoms with van der Waals surface area (Å²) in [6.07, 6.45) is 1.75. The second-order valence-electron chi connectivity index (χ2n) is 4.05. The summed E-state index contributed by atoms with van der Waals surface area (Å²) in [5.41, 5.74) is 3.60. The van der Waals surface area contributed by atoms with Gasteiger partial charge in [-0.25, -0.2) is 4.98 Å².